The lowest BCUT2D eigenvalue weighted by Gasteiger charge is -2.30. The molecule has 1 saturated heterocycles. The zero-order chi connectivity index (χ0) is 12.8. The predicted molar refractivity (Wildman–Crippen MR) is 66.7 cm³/mol. The number of carbonyl (C=O) groups is 1. The van der Waals surface area contributed by atoms with Gasteiger partial charge < -0.3 is 4.74 Å². The van der Waals surface area contributed by atoms with Crippen LogP contribution in [0.3, 0.4) is 0 Å². The Hall–Kier alpha value is -1.49. The number of piperidine rings is 1. The number of rotatable bonds is 4. The van der Waals surface area contributed by atoms with Gasteiger partial charge in [0.25, 0.3) is 0 Å². The van der Waals surface area contributed by atoms with Crippen molar-refractivity contribution >= 4 is 5.97 Å². The van der Waals surface area contributed by atoms with E-state index in [1.807, 2.05) is 6.92 Å². The van der Waals surface area contributed by atoms with E-state index in [4.69, 9.17) is 4.74 Å². The van der Waals surface area contributed by atoms with Crippen LogP contribution < -0.4 is 0 Å². The van der Waals surface area contributed by atoms with Gasteiger partial charge in [0.2, 0.25) is 0 Å². The number of nitrogens with zero attached hydrogens (tertiary/aromatic N) is 3. The van der Waals surface area contributed by atoms with Gasteiger partial charge in [0.05, 0.1) is 19.1 Å². The molecule has 1 fully saturated rings. The highest BCUT2D eigenvalue weighted by Gasteiger charge is 2.26. The minimum atomic E-state index is -0.0730. The molecule has 0 amide bonds. The predicted octanol–water partition coefficient (Wildman–Crippen LogP) is 1.25. The Morgan fingerprint density at radius 1 is 1.50 bits per heavy atom. The summed E-state index contributed by atoms with van der Waals surface area (Å²) in [6.07, 6.45) is 5.44. The molecule has 1 aliphatic rings. The molecule has 2 heterocycles. The summed E-state index contributed by atoms with van der Waals surface area (Å²) in [6.45, 7) is 4.75. The van der Waals surface area contributed by atoms with Gasteiger partial charge in [0.1, 0.15) is 5.82 Å². The molecule has 1 aromatic heterocycles. The van der Waals surface area contributed by atoms with E-state index in [9.17, 15) is 4.79 Å². The van der Waals surface area contributed by atoms with Crippen molar-refractivity contribution in [1.82, 2.24) is 14.9 Å². The fourth-order valence-corrected chi connectivity index (χ4v) is 2.26. The summed E-state index contributed by atoms with van der Waals surface area (Å²) in [4.78, 5) is 22.4. The maximum atomic E-state index is 11.7. The molecule has 0 spiro atoms. The van der Waals surface area contributed by atoms with E-state index in [0.717, 1.165) is 31.8 Å². The van der Waals surface area contributed by atoms with Gasteiger partial charge in [-0.3, -0.25) is 9.69 Å². The van der Waals surface area contributed by atoms with Crippen molar-refractivity contribution in [2.45, 2.75) is 26.3 Å². The standard InChI is InChI=1S/C13H19N3O2/c1-2-18-13(17)11-5-3-8-16(9-11)10-12-14-6-4-7-15-12/h4,6-7,11H,2-3,5,8-10H2,1H3. The highest BCUT2D eigenvalue weighted by atomic mass is 16.5. The van der Waals surface area contributed by atoms with Crippen LogP contribution in [0.25, 0.3) is 0 Å². The first kappa shape index (κ1) is 13.0. The number of hydrogen-bond donors (Lipinski definition) is 0. The van der Waals surface area contributed by atoms with Crippen LogP contribution in [-0.4, -0.2) is 40.5 Å². The number of esters is 1. The summed E-state index contributed by atoms with van der Waals surface area (Å²) in [6, 6.07) is 1.81. The maximum Gasteiger partial charge on any atom is 0.310 e. The Morgan fingerprint density at radius 2 is 2.28 bits per heavy atom. The van der Waals surface area contributed by atoms with E-state index in [2.05, 4.69) is 14.9 Å². The van der Waals surface area contributed by atoms with Gasteiger partial charge in [-0.25, -0.2) is 9.97 Å². The molecule has 2 rings (SSSR count). The van der Waals surface area contributed by atoms with Crippen molar-refractivity contribution in [3.8, 4) is 0 Å². The second kappa shape index (κ2) is 6.44. The van der Waals surface area contributed by atoms with Crippen molar-refractivity contribution in [2.24, 2.45) is 5.92 Å². The Kier molecular flexibility index (Phi) is 4.64. The average molecular weight is 249 g/mol. The van der Waals surface area contributed by atoms with Gasteiger partial charge in [-0.15, -0.1) is 0 Å². The van der Waals surface area contributed by atoms with Gasteiger partial charge in [-0.05, 0) is 32.4 Å². The smallest absolute Gasteiger partial charge is 0.310 e. The van der Waals surface area contributed by atoms with Gasteiger partial charge in [0.15, 0.2) is 0 Å². The Labute approximate surface area is 107 Å². The Bertz CT molecular complexity index is 383. The summed E-state index contributed by atoms with van der Waals surface area (Å²) in [5.74, 6) is 0.737. The van der Waals surface area contributed by atoms with Crippen molar-refractivity contribution < 1.29 is 9.53 Å². The second-order valence-corrected chi connectivity index (χ2v) is 4.49. The summed E-state index contributed by atoms with van der Waals surface area (Å²) in [7, 11) is 0. The molecule has 0 bridgehead atoms. The number of hydrogen-bond acceptors (Lipinski definition) is 5. The number of aromatic nitrogens is 2. The molecule has 1 unspecified atom stereocenters. The minimum Gasteiger partial charge on any atom is -0.466 e. The van der Waals surface area contributed by atoms with E-state index in [1.54, 1.807) is 18.5 Å². The second-order valence-electron chi connectivity index (χ2n) is 4.49. The van der Waals surface area contributed by atoms with Crippen LogP contribution in [0.4, 0.5) is 0 Å². The summed E-state index contributed by atoms with van der Waals surface area (Å²) < 4.78 is 5.08. The van der Waals surface area contributed by atoms with Crippen molar-refractivity contribution in [3.63, 3.8) is 0 Å². The van der Waals surface area contributed by atoms with Gasteiger partial charge in [-0.1, -0.05) is 0 Å². The first-order valence-electron chi connectivity index (χ1n) is 6.44. The Morgan fingerprint density at radius 3 is 3.00 bits per heavy atom. The lowest BCUT2D eigenvalue weighted by atomic mass is 9.98. The molecular weight excluding hydrogens is 230 g/mol. The maximum absolute atomic E-state index is 11.7. The van der Waals surface area contributed by atoms with Crippen LogP contribution in [0.15, 0.2) is 18.5 Å². The molecule has 18 heavy (non-hydrogen) atoms. The number of ether oxygens (including phenoxy) is 1. The number of likely N-dealkylation sites (tertiary alicyclic amines) is 1. The molecule has 0 N–H and O–H groups in total. The average Bonchev–Trinajstić information content (AvgIpc) is 2.40. The summed E-state index contributed by atoms with van der Waals surface area (Å²) in [5.41, 5.74) is 0. The molecule has 0 aliphatic carbocycles. The zero-order valence-electron chi connectivity index (χ0n) is 10.7. The van der Waals surface area contributed by atoms with Crippen molar-refractivity contribution in [1.29, 1.82) is 0 Å². The fraction of sp³-hybridized carbons (Fsp3) is 0.615. The molecule has 98 valence electrons. The summed E-state index contributed by atoms with van der Waals surface area (Å²) >= 11 is 0. The van der Waals surface area contributed by atoms with Crippen LogP contribution >= 0.6 is 0 Å². The Balaban J connectivity index is 1.89. The van der Waals surface area contributed by atoms with Gasteiger partial charge in [-0.2, -0.15) is 0 Å². The monoisotopic (exact) mass is 249 g/mol. The zero-order valence-corrected chi connectivity index (χ0v) is 10.7. The molecule has 1 aliphatic heterocycles. The molecule has 0 saturated carbocycles. The van der Waals surface area contributed by atoms with Crippen LogP contribution in [0.2, 0.25) is 0 Å². The van der Waals surface area contributed by atoms with E-state index < -0.39 is 0 Å². The van der Waals surface area contributed by atoms with Crippen LogP contribution in [0.1, 0.15) is 25.6 Å². The molecule has 1 atom stereocenters. The lowest BCUT2D eigenvalue weighted by molar-refractivity contribution is -0.150. The van der Waals surface area contributed by atoms with E-state index in [-0.39, 0.29) is 11.9 Å². The first-order valence-corrected chi connectivity index (χ1v) is 6.44. The molecule has 5 heteroatoms. The summed E-state index contributed by atoms with van der Waals surface area (Å²) in [5, 5.41) is 0. The lowest BCUT2D eigenvalue weighted by Crippen LogP contribution is -2.39. The molecular formula is C13H19N3O2. The van der Waals surface area contributed by atoms with E-state index >= 15 is 0 Å². The first-order chi connectivity index (χ1) is 8.79. The van der Waals surface area contributed by atoms with Gasteiger partial charge >= 0.3 is 5.97 Å². The van der Waals surface area contributed by atoms with Crippen molar-refractivity contribution in [2.75, 3.05) is 19.7 Å². The van der Waals surface area contributed by atoms with Crippen LogP contribution in [-0.2, 0) is 16.1 Å². The third kappa shape index (κ3) is 3.50. The quantitative estimate of drug-likeness (QED) is 0.752. The van der Waals surface area contributed by atoms with Gasteiger partial charge in [0, 0.05) is 18.9 Å². The van der Waals surface area contributed by atoms with E-state index in [0.29, 0.717) is 13.2 Å². The third-order valence-corrected chi connectivity index (χ3v) is 3.11. The highest BCUT2D eigenvalue weighted by Crippen LogP contribution is 2.18. The highest BCUT2D eigenvalue weighted by molar-refractivity contribution is 5.72. The fourth-order valence-electron chi connectivity index (χ4n) is 2.26. The van der Waals surface area contributed by atoms with E-state index in [1.165, 1.54) is 0 Å². The normalized spacial score (nSPS) is 20.6. The van der Waals surface area contributed by atoms with Crippen LogP contribution in [0, 0.1) is 5.92 Å². The van der Waals surface area contributed by atoms with Crippen molar-refractivity contribution in [3.05, 3.63) is 24.3 Å². The number of carbonyl (C=O) groups excluding carboxylic acids is 1. The topological polar surface area (TPSA) is 55.3 Å². The molecule has 0 radical (unpaired) electrons. The minimum absolute atomic E-state index is 0.00223. The molecule has 1 aromatic rings. The molecule has 0 aromatic carbocycles. The SMILES string of the molecule is CCOC(=O)C1CCCN(Cc2ncccn2)C1. The largest absolute Gasteiger partial charge is 0.466 e. The molecule has 5 nitrogen and oxygen atoms in total. The third-order valence-electron chi connectivity index (χ3n) is 3.11. The van der Waals surface area contributed by atoms with Crippen LogP contribution in [0.5, 0.6) is 0 Å².